The van der Waals surface area contributed by atoms with Crippen LogP contribution < -0.4 is 0 Å². The van der Waals surface area contributed by atoms with Gasteiger partial charge in [-0.3, -0.25) is 4.90 Å². The number of rotatable bonds is 6. The maximum Gasteiger partial charge on any atom is 0.0558 e. The first-order valence-corrected chi connectivity index (χ1v) is 6.31. The second-order valence-corrected chi connectivity index (χ2v) is 4.76. The molecular formula is C12H26N2O. The van der Waals surface area contributed by atoms with E-state index < -0.39 is 0 Å². The number of likely N-dealkylation sites (tertiary alicyclic amines) is 1. The largest absolute Gasteiger partial charge is 0.395 e. The molecule has 90 valence electrons. The fourth-order valence-corrected chi connectivity index (χ4v) is 2.21. The van der Waals surface area contributed by atoms with Crippen molar-refractivity contribution in [3.8, 4) is 0 Å². The molecule has 1 rings (SSSR count). The molecule has 0 aromatic carbocycles. The van der Waals surface area contributed by atoms with Crippen LogP contribution in [0.2, 0.25) is 0 Å². The summed E-state index contributed by atoms with van der Waals surface area (Å²) < 4.78 is 0. The number of nitrogens with zero attached hydrogens (tertiary/aromatic N) is 2. The zero-order valence-corrected chi connectivity index (χ0v) is 10.3. The minimum atomic E-state index is 0.276. The highest BCUT2D eigenvalue weighted by atomic mass is 16.3. The molecule has 0 bridgehead atoms. The Morgan fingerprint density at radius 2 is 1.80 bits per heavy atom. The number of hydrogen-bond donors (Lipinski definition) is 1. The minimum absolute atomic E-state index is 0.276. The highest BCUT2D eigenvalue weighted by molar-refractivity contribution is 4.69. The van der Waals surface area contributed by atoms with Gasteiger partial charge in [0.1, 0.15) is 0 Å². The Kier molecular flexibility index (Phi) is 6.22. The molecule has 0 atom stereocenters. The van der Waals surface area contributed by atoms with Crippen LogP contribution >= 0.6 is 0 Å². The quantitative estimate of drug-likeness (QED) is 0.719. The Morgan fingerprint density at radius 1 is 1.13 bits per heavy atom. The predicted molar refractivity (Wildman–Crippen MR) is 64.1 cm³/mol. The zero-order chi connectivity index (χ0) is 11.1. The Balaban J connectivity index is 2.19. The molecule has 3 nitrogen and oxygen atoms in total. The van der Waals surface area contributed by atoms with Gasteiger partial charge in [0.05, 0.1) is 6.61 Å². The lowest BCUT2D eigenvalue weighted by molar-refractivity contribution is 0.135. The first kappa shape index (κ1) is 12.9. The van der Waals surface area contributed by atoms with Crippen LogP contribution in [-0.2, 0) is 0 Å². The number of piperidine rings is 1. The maximum atomic E-state index is 8.97. The van der Waals surface area contributed by atoms with E-state index in [1.54, 1.807) is 0 Å². The van der Waals surface area contributed by atoms with Gasteiger partial charge in [0, 0.05) is 25.7 Å². The second kappa shape index (κ2) is 7.20. The molecule has 0 saturated carbocycles. The van der Waals surface area contributed by atoms with E-state index in [-0.39, 0.29) is 6.61 Å². The fourth-order valence-electron chi connectivity index (χ4n) is 2.21. The number of hydrogen-bond acceptors (Lipinski definition) is 3. The van der Waals surface area contributed by atoms with Crippen LogP contribution in [0.5, 0.6) is 0 Å². The van der Waals surface area contributed by atoms with Gasteiger partial charge in [-0.2, -0.15) is 0 Å². The molecule has 1 aliphatic rings. The number of aliphatic hydroxyl groups excluding tert-OH is 1. The van der Waals surface area contributed by atoms with Crippen molar-refractivity contribution in [3.05, 3.63) is 0 Å². The van der Waals surface area contributed by atoms with Crippen molar-refractivity contribution in [2.24, 2.45) is 0 Å². The van der Waals surface area contributed by atoms with Crippen LogP contribution in [0.3, 0.4) is 0 Å². The van der Waals surface area contributed by atoms with Crippen LogP contribution in [0.1, 0.15) is 33.1 Å². The minimum Gasteiger partial charge on any atom is -0.395 e. The zero-order valence-electron chi connectivity index (χ0n) is 10.3. The van der Waals surface area contributed by atoms with E-state index >= 15 is 0 Å². The standard InChI is InChI=1S/C12H26N2O/c1-12(2)14(10-11-15)9-8-13-6-4-3-5-7-13/h12,15H,3-11H2,1-2H3. The molecule has 1 heterocycles. The lowest BCUT2D eigenvalue weighted by Gasteiger charge is -2.31. The van der Waals surface area contributed by atoms with Gasteiger partial charge < -0.3 is 10.0 Å². The van der Waals surface area contributed by atoms with Crippen LogP contribution in [0.15, 0.2) is 0 Å². The normalized spacial score (nSPS) is 19.0. The summed E-state index contributed by atoms with van der Waals surface area (Å²) >= 11 is 0. The van der Waals surface area contributed by atoms with E-state index in [2.05, 4.69) is 23.6 Å². The summed E-state index contributed by atoms with van der Waals surface area (Å²) in [5.74, 6) is 0. The van der Waals surface area contributed by atoms with Gasteiger partial charge >= 0.3 is 0 Å². The van der Waals surface area contributed by atoms with E-state index in [0.29, 0.717) is 6.04 Å². The third kappa shape index (κ3) is 4.96. The Labute approximate surface area is 94.1 Å². The van der Waals surface area contributed by atoms with Gasteiger partial charge in [-0.05, 0) is 39.8 Å². The van der Waals surface area contributed by atoms with E-state index in [1.165, 1.54) is 32.4 Å². The first-order valence-electron chi connectivity index (χ1n) is 6.31. The molecule has 0 aromatic rings. The monoisotopic (exact) mass is 214 g/mol. The molecule has 0 aliphatic carbocycles. The van der Waals surface area contributed by atoms with Gasteiger partial charge in [-0.15, -0.1) is 0 Å². The van der Waals surface area contributed by atoms with E-state index in [0.717, 1.165) is 19.6 Å². The molecule has 1 N–H and O–H groups in total. The Bertz CT molecular complexity index is 156. The molecule has 0 aromatic heterocycles. The van der Waals surface area contributed by atoms with Gasteiger partial charge in [0.25, 0.3) is 0 Å². The summed E-state index contributed by atoms with van der Waals surface area (Å²) in [6.07, 6.45) is 4.13. The fraction of sp³-hybridized carbons (Fsp3) is 1.00. The highest BCUT2D eigenvalue weighted by Crippen LogP contribution is 2.08. The summed E-state index contributed by atoms with van der Waals surface area (Å²) in [6, 6.07) is 0.543. The molecule has 1 aliphatic heterocycles. The van der Waals surface area contributed by atoms with Gasteiger partial charge in [0.2, 0.25) is 0 Å². The van der Waals surface area contributed by atoms with Crippen LogP contribution in [0.4, 0.5) is 0 Å². The maximum absolute atomic E-state index is 8.97. The summed E-state index contributed by atoms with van der Waals surface area (Å²) in [6.45, 7) is 10.3. The molecule has 1 saturated heterocycles. The van der Waals surface area contributed by atoms with Crippen molar-refractivity contribution in [1.82, 2.24) is 9.80 Å². The van der Waals surface area contributed by atoms with Crippen molar-refractivity contribution in [2.45, 2.75) is 39.2 Å². The number of aliphatic hydroxyl groups is 1. The van der Waals surface area contributed by atoms with Crippen molar-refractivity contribution in [2.75, 3.05) is 39.3 Å². The lowest BCUT2D eigenvalue weighted by Crippen LogP contribution is -2.41. The smallest absolute Gasteiger partial charge is 0.0558 e. The highest BCUT2D eigenvalue weighted by Gasteiger charge is 2.13. The summed E-state index contributed by atoms with van der Waals surface area (Å²) in [5, 5.41) is 8.97. The Morgan fingerprint density at radius 3 is 2.33 bits per heavy atom. The summed E-state index contributed by atoms with van der Waals surface area (Å²) in [4.78, 5) is 4.91. The third-order valence-corrected chi connectivity index (χ3v) is 3.27. The van der Waals surface area contributed by atoms with E-state index in [1.807, 2.05) is 0 Å². The average molecular weight is 214 g/mol. The van der Waals surface area contributed by atoms with Crippen LogP contribution in [0.25, 0.3) is 0 Å². The van der Waals surface area contributed by atoms with Crippen LogP contribution in [-0.4, -0.2) is 60.3 Å². The van der Waals surface area contributed by atoms with Crippen molar-refractivity contribution in [1.29, 1.82) is 0 Å². The molecule has 0 radical (unpaired) electrons. The molecule has 15 heavy (non-hydrogen) atoms. The lowest BCUT2D eigenvalue weighted by atomic mass is 10.1. The first-order chi connectivity index (χ1) is 7.24. The van der Waals surface area contributed by atoms with Crippen molar-refractivity contribution in [3.63, 3.8) is 0 Å². The molecule has 1 fully saturated rings. The van der Waals surface area contributed by atoms with E-state index in [9.17, 15) is 0 Å². The topological polar surface area (TPSA) is 26.7 Å². The van der Waals surface area contributed by atoms with Crippen molar-refractivity contribution < 1.29 is 5.11 Å². The van der Waals surface area contributed by atoms with Crippen LogP contribution in [0, 0.1) is 0 Å². The summed E-state index contributed by atoms with van der Waals surface area (Å²) in [5.41, 5.74) is 0. The second-order valence-electron chi connectivity index (χ2n) is 4.76. The van der Waals surface area contributed by atoms with E-state index in [4.69, 9.17) is 5.11 Å². The third-order valence-electron chi connectivity index (χ3n) is 3.27. The molecule has 0 spiro atoms. The van der Waals surface area contributed by atoms with Gasteiger partial charge in [-0.1, -0.05) is 6.42 Å². The average Bonchev–Trinajstić information content (AvgIpc) is 2.25. The van der Waals surface area contributed by atoms with Crippen molar-refractivity contribution >= 4 is 0 Å². The summed E-state index contributed by atoms with van der Waals surface area (Å²) in [7, 11) is 0. The molecule has 0 unspecified atom stereocenters. The van der Waals surface area contributed by atoms with Gasteiger partial charge in [-0.25, -0.2) is 0 Å². The Hall–Kier alpha value is -0.120. The molecule has 3 heteroatoms. The SMILES string of the molecule is CC(C)N(CCO)CCN1CCCCC1. The van der Waals surface area contributed by atoms with Gasteiger partial charge in [0.15, 0.2) is 0 Å². The predicted octanol–water partition coefficient (Wildman–Crippen LogP) is 1.17. The molecule has 0 amide bonds. The molecular weight excluding hydrogens is 188 g/mol.